The lowest BCUT2D eigenvalue weighted by Gasteiger charge is -2.15. The molecule has 0 aliphatic heterocycles. The van der Waals surface area contributed by atoms with E-state index in [9.17, 15) is 0 Å². The van der Waals surface area contributed by atoms with E-state index in [0.717, 1.165) is 18.9 Å². The highest BCUT2D eigenvalue weighted by Gasteiger charge is 1.98. The van der Waals surface area contributed by atoms with E-state index >= 15 is 0 Å². The van der Waals surface area contributed by atoms with Crippen molar-refractivity contribution >= 4 is 0 Å². The third-order valence-electron chi connectivity index (χ3n) is 2.30. The average molecular weight is 198 g/mol. The molecular formula is C12H26N2. The van der Waals surface area contributed by atoms with Gasteiger partial charge in [-0.15, -0.1) is 0 Å². The molecular weight excluding hydrogens is 172 g/mol. The van der Waals surface area contributed by atoms with E-state index in [1.165, 1.54) is 19.4 Å². The van der Waals surface area contributed by atoms with Crippen molar-refractivity contribution in [3.8, 4) is 0 Å². The van der Waals surface area contributed by atoms with Gasteiger partial charge in [-0.1, -0.05) is 26.0 Å². The van der Waals surface area contributed by atoms with Gasteiger partial charge in [0.15, 0.2) is 0 Å². The highest BCUT2D eigenvalue weighted by molar-refractivity contribution is 4.82. The summed E-state index contributed by atoms with van der Waals surface area (Å²) in [6, 6.07) is 0. The van der Waals surface area contributed by atoms with Gasteiger partial charge in [0.05, 0.1) is 0 Å². The molecule has 0 rings (SSSR count). The van der Waals surface area contributed by atoms with Gasteiger partial charge in [0.1, 0.15) is 0 Å². The topological polar surface area (TPSA) is 29.3 Å². The van der Waals surface area contributed by atoms with Crippen molar-refractivity contribution < 1.29 is 0 Å². The summed E-state index contributed by atoms with van der Waals surface area (Å²) in [4.78, 5) is 2.39. The van der Waals surface area contributed by atoms with Crippen LogP contribution in [0.25, 0.3) is 0 Å². The zero-order valence-corrected chi connectivity index (χ0v) is 10.00. The molecule has 84 valence electrons. The second kappa shape index (κ2) is 9.22. The molecule has 0 aliphatic carbocycles. The number of hydrogen-bond donors (Lipinski definition) is 1. The maximum Gasteiger partial charge on any atom is 0.0106 e. The Hall–Kier alpha value is -0.340. The van der Waals surface area contributed by atoms with Crippen LogP contribution in [0.3, 0.4) is 0 Å². The normalized spacial score (nSPS) is 12.1. The summed E-state index contributed by atoms with van der Waals surface area (Å²) in [6.45, 7) is 7.59. The minimum Gasteiger partial charge on any atom is -0.327 e. The maximum absolute atomic E-state index is 5.36. The van der Waals surface area contributed by atoms with Gasteiger partial charge in [-0.05, 0) is 38.8 Å². The van der Waals surface area contributed by atoms with Crippen molar-refractivity contribution in [3.05, 3.63) is 12.2 Å². The zero-order chi connectivity index (χ0) is 10.8. The van der Waals surface area contributed by atoms with E-state index in [-0.39, 0.29) is 0 Å². The van der Waals surface area contributed by atoms with Gasteiger partial charge in [-0.2, -0.15) is 0 Å². The third-order valence-corrected chi connectivity index (χ3v) is 2.30. The Morgan fingerprint density at radius 1 is 1.21 bits per heavy atom. The molecule has 0 amide bonds. The Labute approximate surface area is 89.2 Å². The van der Waals surface area contributed by atoms with Crippen LogP contribution in [0.2, 0.25) is 0 Å². The van der Waals surface area contributed by atoms with E-state index in [1.54, 1.807) is 0 Å². The standard InChI is InChI=1S/C12H26N2/c1-12(2)8-7-11-14(3)10-6-4-5-9-13/h4-5,12H,6-11,13H2,1-3H3/b5-4-. The van der Waals surface area contributed by atoms with Gasteiger partial charge >= 0.3 is 0 Å². The lowest BCUT2D eigenvalue weighted by Crippen LogP contribution is -2.20. The number of hydrogen-bond acceptors (Lipinski definition) is 2. The summed E-state index contributed by atoms with van der Waals surface area (Å²) in [7, 11) is 2.19. The van der Waals surface area contributed by atoms with Gasteiger partial charge in [0.2, 0.25) is 0 Å². The van der Waals surface area contributed by atoms with Gasteiger partial charge in [0.25, 0.3) is 0 Å². The fraction of sp³-hybridized carbons (Fsp3) is 0.833. The zero-order valence-electron chi connectivity index (χ0n) is 10.00. The maximum atomic E-state index is 5.36. The molecule has 0 aromatic carbocycles. The molecule has 0 spiro atoms. The quantitative estimate of drug-likeness (QED) is 0.606. The van der Waals surface area contributed by atoms with Crippen molar-refractivity contribution in [1.82, 2.24) is 4.90 Å². The molecule has 2 nitrogen and oxygen atoms in total. The lowest BCUT2D eigenvalue weighted by molar-refractivity contribution is 0.323. The molecule has 2 N–H and O–H groups in total. The van der Waals surface area contributed by atoms with Crippen LogP contribution >= 0.6 is 0 Å². The van der Waals surface area contributed by atoms with Crippen LogP contribution in [0, 0.1) is 5.92 Å². The first-order chi connectivity index (χ1) is 6.66. The number of rotatable bonds is 8. The first-order valence-electron chi connectivity index (χ1n) is 5.70. The van der Waals surface area contributed by atoms with Gasteiger partial charge < -0.3 is 10.6 Å². The van der Waals surface area contributed by atoms with E-state index in [2.05, 4.69) is 31.9 Å². The molecule has 0 saturated heterocycles. The molecule has 0 atom stereocenters. The second-order valence-electron chi connectivity index (χ2n) is 4.34. The van der Waals surface area contributed by atoms with Gasteiger partial charge in [-0.25, -0.2) is 0 Å². The summed E-state index contributed by atoms with van der Waals surface area (Å²) < 4.78 is 0. The van der Waals surface area contributed by atoms with Crippen LogP contribution < -0.4 is 5.73 Å². The molecule has 0 saturated carbocycles. The van der Waals surface area contributed by atoms with Crippen molar-refractivity contribution in [2.45, 2.75) is 33.1 Å². The fourth-order valence-electron chi connectivity index (χ4n) is 1.39. The first kappa shape index (κ1) is 13.7. The van der Waals surface area contributed by atoms with Crippen molar-refractivity contribution in [2.24, 2.45) is 11.7 Å². The fourth-order valence-corrected chi connectivity index (χ4v) is 1.39. The van der Waals surface area contributed by atoms with Crippen LogP contribution in [0.4, 0.5) is 0 Å². The van der Waals surface area contributed by atoms with E-state index in [0.29, 0.717) is 6.54 Å². The highest BCUT2D eigenvalue weighted by atomic mass is 15.1. The van der Waals surface area contributed by atoms with Crippen molar-refractivity contribution in [1.29, 1.82) is 0 Å². The molecule has 0 heterocycles. The van der Waals surface area contributed by atoms with Crippen molar-refractivity contribution in [3.63, 3.8) is 0 Å². The Morgan fingerprint density at radius 2 is 1.93 bits per heavy atom. The lowest BCUT2D eigenvalue weighted by atomic mass is 10.1. The Balaban J connectivity index is 3.27. The first-order valence-corrected chi connectivity index (χ1v) is 5.70. The average Bonchev–Trinajstić information content (AvgIpc) is 2.12. The predicted octanol–water partition coefficient (Wildman–Crippen LogP) is 2.26. The number of nitrogens with two attached hydrogens (primary N) is 1. The Kier molecular flexibility index (Phi) is 9.00. The largest absolute Gasteiger partial charge is 0.327 e. The van der Waals surface area contributed by atoms with Crippen LogP contribution in [0.5, 0.6) is 0 Å². The summed E-state index contributed by atoms with van der Waals surface area (Å²) in [5.41, 5.74) is 5.36. The van der Waals surface area contributed by atoms with Crippen LogP contribution in [0.15, 0.2) is 12.2 Å². The van der Waals surface area contributed by atoms with Crippen molar-refractivity contribution in [2.75, 3.05) is 26.7 Å². The SMILES string of the molecule is CC(C)CCCN(C)CC/C=C\CN. The molecule has 0 aromatic rings. The van der Waals surface area contributed by atoms with Crippen LogP contribution in [0.1, 0.15) is 33.1 Å². The Bertz CT molecular complexity index is 141. The molecule has 0 aromatic heterocycles. The highest BCUT2D eigenvalue weighted by Crippen LogP contribution is 2.04. The molecule has 2 heteroatoms. The second-order valence-corrected chi connectivity index (χ2v) is 4.34. The summed E-state index contributed by atoms with van der Waals surface area (Å²) in [5.74, 6) is 0.834. The van der Waals surface area contributed by atoms with Gasteiger partial charge in [-0.3, -0.25) is 0 Å². The molecule has 0 radical (unpaired) electrons. The summed E-state index contributed by atoms with van der Waals surface area (Å²) in [5, 5.41) is 0. The molecule has 0 bridgehead atoms. The van der Waals surface area contributed by atoms with E-state index in [1.807, 2.05) is 6.08 Å². The number of nitrogens with zero attached hydrogens (tertiary/aromatic N) is 1. The molecule has 0 aliphatic rings. The third kappa shape index (κ3) is 9.75. The van der Waals surface area contributed by atoms with Crippen LogP contribution in [-0.4, -0.2) is 31.6 Å². The Morgan fingerprint density at radius 3 is 2.50 bits per heavy atom. The molecule has 0 unspecified atom stereocenters. The monoisotopic (exact) mass is 198 g/mol. The summed E-state index contributed by atoms with van der Waals surface area (Å²) in [6.07, 6.45) is 7.97. The predicted molar refractivity (Wildman–Crippen MR) is 64.4 cm³/mol. The molecule has 0 fully saturated rings. The smallest absolute Gasteiger partial charge is 0.0106 e. The summed E-state index contributed by atoms with van der Waals surface area (Å²) >= 11 is 0. The van der Waals surface area contributed by atoms with Gasteiger partial charge in [0, 0.05) is 13.1 Å². The van der Waals surface area contributed by atoms with E-state index in [4.69, 9.17) is 5.73 Å². The minimum atomic E-state index is 0.664. The van der Waals surface area contributed by atoms with E-state index < -0.39 is 0 Å². The molecule has 14 heavy (non-hydrogen) atoms. The van der Waals surface area contributed by atoms with Crippen LogP contribution in [-0.2, 0) is 0 Å². The minimum absolute atomic E-state index is 0.664.